The second-order valence-electron chi connectivity index (χ2n) is 5.00. The van der Waals surface area contributed by atoms with Crippen LogP contribution in [0.5, 0.6) is 0 Å². The molecule has 1 heterocycles. The second-order valence-corrected chi connectivity index (χ2v) is 5.00. The molecule has 2 amide bonds. The summed E-state index contributed by atoms with van der Waals surface area (Å²) in [7, 11) is 0. The van der Waals surface area contributed by atoms with Gasteiger partial charge in [-0.1, -0.05) is 12.1 Å². The highest BCUT2D eigenvalue weighted by molar-refractivity contribution is 5.89. The first-order valence-electron chi connectivity index (χ1n) is 6.59. The van der Waals surface area contributed by atoms with Crippen LogP contribution in [0.4, 0.5) is 10.5 Å². The fraction of sp³-hybridized carbons (Fsp3) is 0.500. The lowest BCUT2D eigenvalue weighted by Gasteiger charge is -2.35. The van der Waals surface area contributed by atoms with E-state index in [0.29, 0.717) is 19.6 Å². The lowest BCUT2D eigenvalue weighted by molar-refractivity contribution is -0.0530. The third-order valence-electron chi connectivity index (χ3n) is 3.12. The maximum Gasteiger partial charge on any atom is 0.322 e. The Labute approximate surface area is 113 Å². The SMILES string of the molecule is C[C@@H]1CN(C(=O)Nc2cccc(CN)c2)C[C@H](C)O1. The summed E-state index contributed by atoms with van der Waals surface area (Å²) in [6.07, 6.45) is 0.148. The predicted octanol–water partition coefficient (Wildman–Crippen LogP) is 1.79. The molecule has 5 nitrogen and oxygen atoms in total. The summed E-state index contributed by atoms with van der Waals surface area (Å²) < 4.78 is 5.62. The van der Waals surface area contributed by atoms with Crippen LogP contribution in [0.2, 0.25) is 0 Å². The van der Waals surface area contributed by atoms with E-state index in [2.05, 4.69) is 5.32 Å². The summed E-state index contributed by atoms with van der Waals surface area (Å²) in [5, 5.41) is 2.90. The van der Waals surface area contributed by atoms with Gasteiger partial charge in [0.05, 0.1) is 12.2 Å². The van der Waals surface area contributed by atoms with Gasteiger partial charge in [-0.15, -0.1) is 0 Å². The van der Waals surface area contributed by atoms with Crippen molar-refractivity contribution >= 4 is 11.7 Å². The van der Waals surface area contributed by atoms with Crippen LogP contribution in [0.25, 0.3) is 0 Å². The van der Waals surface area contributed by atoms with E-state index >= 15 is 0 Å². The van der Waals surface area contributed by atoms with Gasteiger partial charge in [-0.05, 0) is 31.5 Å². The third-order valence-corrected chi connectivity index (χ3v) is 3.12. The van der Waals surface area contributed by atoms with Crippen LogP contribution in [0.3, 0.4) is 0 Å². The zero-order valence-electron chi connectivity index (χ0n) is 11.4. The standard InChI is InChI=1S/C14H21N3O2/c1-10-8-17(9-11(2)19-10)14(18)16-13-5-3-4-12(6-13)7-15/h3-6,10-11H,7-9,15H2,1-2H3,(H,16,18)/t10-,11+. The molecule has 1 saturated heterocycles. The fourth-order valence-electron chi connectivity index (χ4n) is 2.32. The van der Waals surface area contributed by atoms with Crippen molar-refractivity contribution in [2.24, 2.45) is 5.73 Å². The molecule has 2 rings (SSSR count). The number of carbonyl (C=O) groups excluding carboxylic acids is 1. The first kappa shape index (κ1) is 13.8. The average Bonchev–Trinajstić information content (AvgIpc) is 2.37. The zero-order valence-corrected chi connectivity index (χ0v) is 11.4. The van der Waals surface area contributed by atoms with E-state index in [0.717, 1.165) is 11.3 Å². The summed E-state index contributed by atoms with van der Waals surface area (Å²) in [5.74, 6) is 0. The zero-order chi connectivity index (χ0) is 13.8. The quantitative estimate of drug-likeness (QED) is 0.854. The summed E-state index contributed by atoms with van der Waals surface area (Å²) in [4.78, 5) is 14.0. The number of rotatable bonds is 2. The molecule has 0 aliphatic carbocycles. The van der Waals surface area contributed by atoms with Crippen LogP contribution in [-0.4, -0.2) is 36.2 Å². The molecule has 0 radical (unpaired) electrons. The Balaban J connectivity index is 2.00. The number of nitrogens with two attached hydrogens (primary N) is 1. The Morgan fingerprint density at radius 1 is 1.42 bits per heavy atom. The van der Waals surface area contributed by atoms with Crippen molar-refractivity contribution in [1.29, 1.82) is 0 Å². The number of nitrogens with zero attached hydrogens (tertiary/aromatic N) is 1. The summed E-state index contributed by atoms with van der Waals surface area (Å²) in [5.41, 5.74) is 7.37. The van der Waals surface area contributed by atoms with Gasteiger partial charge in [0, 0.05) is 25.3 Å². The molecule has 2 atom stereocenters. The number of urea groups is 1. The van der Waals surface area contributed by atoms with Gasteiger partial charge in [-0.3, -0.25) is 0 Å². The van der Waals surface area contributed by atoms with Gasteiger partial charge in [0.25, 0.3) is 0 Å². The van der Waals surface area contributed by atoms with Crippen molar-refractivity contribution in [1.82, 2.24) is 4.90 Å². The highest BCUT2D eigenvalue weighted by Gasteiger charge is 2.25. The molecule has 0 unspecified atom stereocenters. The van der Waals surface area contributed by atoms with Gasteiger partial charge < -0.3 is 20.7 Å². The van der Waals surface area contributed by atoms with Crippen LogP contribution >= 0.6 is 0 Å². The molecule has 0 spiro atoms. The first-order chi connectivity index (χ1) is 9.08. The van der Waals surface area contributed by atoms with Crippen molar-refractivity contribution in [3.8, 4) is 0 Å². The molecule has 1 aliphatic heterocycles. The van der Waals surface area contributed by atoms with Gasteiger partial charge in [0.15, 0.2) is 0 Å². The molecule has 1 fully saturated rings. The second kappa shape index (κ2) is 6.04. The van der Waals surface area contributed by atoms with Crippen molar-refractivity contribution in [3.63, 3.8) is 0 Å². The minimum atomic E-state index is -0.0869. The number of benzene rings is 1. The van der Waals surface area contributed by atoms with E-state index in [1.54, 1.807) is 4.90 Å². The Kier molecular flexibility index (Phi) is 4.39. The molecule has 1 aromatic rings. The van der Waals surface area contributed by atoms with Gasteiger partial charge in [0.1, 0.15) is 0 Å². The maximum absolute atomic E-state index is 12.2. The van der Waals surface area contributed by atoms with E-state index in [1.165, 1.54) is 0 Å². The van der Waals surface area contributed by atoms with E-state index < -0.39 is 0 Å². The maximum atomic E-state index is 12.2. The van der Waals surface area contributed by atoms with Crippen molar-refractivity contribution in [2.45, 2.75) is 32.6 Å². The number of hydrogen-bond donors (Lipinski definition) is 2. The highest BCUT2D eigenvalue weighted by Crippen LogP contribution is 2.14. The number of amides is 2. The molecule has 19 heavy (non-hydrogen) atoms. The largest absolute Gasteiger partial charge is 0.372 e. The van der Waals surface area contributed by atoms with E-state index in [4.69, 9.17) is 10.5 Å². The van der Waals surface area contributed by atoms with Gasteiger partial charge in [-0.2, -0.15) is 0 Å². The van der Waals surface area contributed by atoms with Crippen molar-refractivity contribution in [2.75, 3.05) is 18.4 Å². The minimum Gasteiger partial charge on any atom is -0.372 e. The molecule has 0 aromatic heterocycles. The number of anilines is 1. The lowest BCUT2D eigenvalue weighted by atomic mass is 10.2. The molecule has 0 saturated carbocycles. The Hall–Kier alpha value is -1.59. The molecular weight excluding hydrogens is 242 g/mol. The summed E-state index contributed by atoms with van der Waals surface area (Å²) in [6, 6.07) is 7.50. The topological polar surface area (TPSA) is 67.6 Å². The Morgan fingerprint density at radius 3 is 2.74 bits per heavy atom. The third kappa shape index (κ3) is 3.68. The molecule has 104 valence electrons. The van der Waals surface area contributed by atoms with E-state index in [9.17, 15) is 4.79 Å². The normalized spacial score (nSPS) is 23.2. The average molecular weight is 263 g/mol. The number of carbonyl (C=O) groups is 1. The number of hydrogen-bond acceptors (Lipinski definition) is 3. The van der Waals surface area contributed by atoms with Gasteiger partial charge in [-0.25, -0.2) is 4.79 Å². The van der Waals surface area contributed by atoms with Gasteiger partial charge >= 0.3 is 6.03 Å². The number of morpholine rings is 1. The van der Waals surface area contributed by atoms with Crippen LogP contribution < -0.4 is 11.1 Å². The van der Waals surface area contributed by atoms with Crippen LogP contribution in [0, 0.1) is 0 Å². The Morgan fingerprint density at radius 2 is 2.11 bits per heavy atom. The number of nitrogens with one attached hydrogen (secondary N) is 1. The van der Waals surface area contributed by atoms with E-state index in [-0.39, 0.29) is 18.2 Å². The van der Waals surface area contributed by atoms with Crippen LogP contribution in [0.15, 0.2) is 24.3 Å². The highest BCUT2D eigenvalue weighted by atomic mass is 16.5. The molecule has 0 bridgehead atoms. The Bertz CT molecular complexity index is 440. The first-order valence-corrected chi connectivity index (χ1v) is 6.59. The lowest BCUT2D eigenvalue weighted by Crippen LogP contribution is -2.49. The van der Waals surface area contributed by atoms with Crippen LogP contribution in [-0.2, 0) is 11.3 Å². The van der Waals surface area contributed by atoms with Crippen LogP contribution in [0.1, 0.15) is 19.4 Å². The monoisotopic (exact) mass is 263 g/mol. The predicted molar refractivity (Wildman–Crippen MR) is 74.9 cm³/mol. The summed E-state index contributed by atoms with van der Waals surface area (Å²) in [6.45, 7) is 5.66. The summed E-state index contributed by atoms with van der Waals surface area (Å²) >= 11 is 0. The number of ether oxygens (including phenoxy) is 1. The molecule has 1 aromatic carbocycles. The fourth-order valence-corrected chi connectivity index (χ4v) is 2.32. The van der Waals surface area contributed by atoms with E-state index in [1.807, 2.05) is 38.1 Å². The van der Waals surface area contributed by atoms with Gasteiger partial charge in [0.2, 0.25) is 0 Å². The molecule has 5 heteroatoms. The molecule has 3 N–H and O–H groups in total. The molecule has 1 aliphatic rings. The molecular formula is C14H21N3O2. The smallest absolute Gasteiger partial charge is 0.322 e. The minimum absolute atomic E-state index is 0.0740. The van der Waals surface area contributed by atoms with Crippen molar-refractivity contribution < 1.29 is 9.53 Å². The van der Waals surface area contributed by atoms with Crippen molar-refractivity contribution in [3.05, 3.63) is 29.8 Å².